The van der Waals surface area contributed by atoms with E-state index in [1.165, 1.54) is 0 Å². The van der Waals surface area contributed by atoms with Crippen molar-refractivity contribution in [2.24, 2.45) is 0 Å². The van der Waals surface area contributed by atoms with E-state index in [0.29, 0.717) is 11.3 Å². The second-order valence-electron chi connectivity index (χ2n) is 7.08. The van der Waals surface area contributed by atoms with Crippen LogP contribution >= 0.6 is 0 Å². The van der Waals surface area contributed by atoms with Gasteiger partial charge in [0.25, 0.3) is 0 Å². The third kappa shape index (κ3) is 5.87. The lowest BCUT2D eigenvalue weighted by molar-refractivity contribution is -0.144. The number of nitrogens with one attached hydrogen (secondary N) is 2. The zero-order valence-electron chi connectivity index (χ0n) is 18.1. The molecule has 2 amide bonds. The molecule has 2 aromatic carbocycles. The Balaban J connectivity index is 1.69. The quantitative estimate of drug-likeness (QED) is 0.583. The predicted molar refractivity (Wildman–Crippen MR) is 117 cm³/mol. The van der Waals surface area contributed by atoms with Gasteiger partial charge in [-0.3, -0.25) is 4.79 Å². The summed E-state index contributed by atoms with van der Waals surface area (Å²) < 4.78 is 16.1. The van der Waals surface area contributed by atoms with Gasteiger partial charge >= 0.3 is 18.0 Å². The summed E-state index contributed by atoms with van der Waals surface area (Å²) in [6.07, 6.45) is 0.0185. The highest BCUT2D eigenvalue weighted by atomic mass is 16.5. The fraction of sp³-hybridized carbons (Fsp3) is 0.292. The van der Waals surface area contributed by atoms with E-state index in [-0.39, 0.29) is 37.5 Å². The van der Waals surface area contributed by atoms with Crippen LogP contribution in [0.1, 0.15) is 30.5 Å². The maximum atomic E-state index is 12.7. The highest BCUT2D eigenvalue weighted by molar-refractivity contribution is 5.95. The molecule has 1 unspecified atom stereocenters. The number of aryl methyl sites for hydroxylation is 1. The molecule has 0 saturated heterocycles. The van der Waals surface area contributed by atoms with Crippen molar-refractivity contribution >= 4 is 18.0 Å². The molecule has 168 valence electrons. The minimum Gasteiger partial charge on any atom is -0.493 e. The number of amides is 2. The summed E-state index contributed by atoms with van der Waals surface area (Å²) in [6, 6.07) is 15.3. The number of benzene rings is 2. The molecule has 8 nitrogen and oxygen atoms in total. The molecule has 32 heavy (non-hydrogen) atoms. The molecule has 0 radical (unpaired) electrons. The molecule has 1 atom stereocenters. The summed E-state index contributed by atoms with van der Waals surface area (Å²) in [5, 5.41) is 5.30. The third-order valence-corrected chi connectivity index (χ3v) is 4.82. The average Bonchev–Trinajstić information content (AvgIpc) is 2.79. The zero-order valence-corrected chi connectivity index (χ0v) is 18.1. The van der Waals surface area contributed by atoms with Gasteiger partial charge in [0.2, 0.25) is 0 Å². The summed E-state index contributed by atoms with van der Waals surface area (Å²) in [5.74, 6) is -0.412. The molecule has 0 saturated carbocycles. The second-order valence-corrected chi connectivity index (χ2v) is 7.08. The van der Waals surface area contributed by atoms with E-state index in [1.807, 2.05) is 37.3 Å². The van der Waals surface area contributed by atoms with Crippen LogP contribution in [0.3, 0.4) is 0 Å². The Bertz CT molecular complexity index is 1000. The average molecular weight is 438 g/mol. The molecule has 0 bridgehead atoms. The van der Waals surface area contributed by atoms with E-state index in [0.717, 1.165) is 5.56 Å². The number of para-hydroxylation sites is 1. The maximum absolute atomic E-state index is 12.7. The molecule has 3 rings (SSSR count). The number of carbonyl (C=O) groups is 3. The lowest BCUT2D eigenvalue weighted by atomic mass is 9.95. The van der Waals surface area contributed by atoms with Gasteiger partial charge in [-0.1, -0.05) is 48.5 Å². The van der Waals surface area contributed by atoms with E-state index >= 15 is 0 Å². The first-order valence-electron chi connectivity index (χ1n) is 10.4. The molecule has 1 heterocycles. The third-order valence-electron chi connectivity index (χ3n) is 4.82. The number of hydrogen-bond acceptors (Lipinski definition) is 6. The van der Waals surface area contributed by atoms with Crippen molar-refractivity contribution in [1.82, 2.24) is 10.6 Å². The van der Waals surface area contributed by atoms with Crippen molar-refractivity contribution in [3.8, 4) is 5.75 Å². The molecule has 8 heteroatoms. The van der Waals surface area contributed by atoms with Crippen LogP contribution in [-0.2, 0) is 19.1 Å². The van der Waals surface area contributed by atoms with Crippen LogP contribution in [0.25, 0.3) is 0 Å². The number of esters is 2. The van der Waals surface area contributed by atoms with Crippen LogP contribution in [0.4, 0.5) is 4.79 Å². The first kappa shape index (κ1) is 22.9. The lowest BCUT2D eigenvalue weighted by Gasteiger charge is -2.29. The van der Waals surface area contributed by atoms with Gasteiger partial charge in [-0.25, -0.2) is 9.59 Å². The Kier molecular flexibility index (Phi) is 7.85. The molecule has 1 aliphatic heterocycles. The summed E-state index contributed by atoms with van der Waals surface area (Å²) in [5.41, 5.74) is 2.06. The largest absolute Gasteiger partial charge is 0.493 e. The lowest BCUT2D eigenvalue weighted by Crippen LogP contribution is -2.47. The second kappa shape index (κ2) is 11.0. The van der Waals surface area contributed by atoms with E-state index < -0.39 is 24.0 Å². The number of carbonyl (C=O) groups excluding carboxylic acids is 3. The Morgan fingerprint density at radius 2 is 1.72 bits per heavy atom. The summed E-state index contributed by atoms with van der Waals surface area (Å²) in [7, 11) is 0. The van der Waals surface area contributed by atoms with Crippen LogP contribution in [-0.4, -0.2) is 37.8 Å². The van der Waals surface area contributed by atoms with Gasteiger partial charge in [0.05, 0.1) is 36.9 Å². The molecule has 0 aromatic heterocycles. The van der Waals surface area contributed by atoms with Crippen LogP contribution < -0.4 is 15.4 Å². The van der Waals surface area contributed by atoms with Crippen molar-refractivity contribution in [2.45, 2.75) is 26.3 Å². The fourth-order valence-corrected chi connectivity index (χ4v) is 3.26. The Morgan fingerprint density at radius 3 is 2.44 bits per heavy atom. The molecular weight excluding hydrogens is 412 g/mol. The standard InChI is InChI=1S/C24H26N2O6/c1-3-30-23(28)21-18(25-24(29)26-22(21)17-10-5-4-6-11-17)15-32-20(27)13-14-31-19-12-8-7-9-16(19)2/h4-12,22H,3,13-15H2,1-2H3,(H2,25,26,29). The smallest absolute Gasteiger partial charge is 0.338 e. The van der Waals surface area contributed by atoms with Crippen LogP contribution in [0.2, 0.25) is 0 Å². The highest BCUT2D eigenvalue weighted by Gasteiger charge is 2.34. The highest BCUT2D eigenvalue weighted by Crippen LogP contribution is 2.27. The number of hydrogen-bond donors (Lipinski definition) is 2. The fourth-order valence-electron chi connectivity index (χ4n) is 3.26. The number of ether oxygens (including phenoxy) is 3. The summed E-state index contributed by atoms with van der Waals surface area (Å²) in [4.78, 5) is 37.1. The normalized spacial score (nSPS) is 15.4. The van der Waals surface area contributed by atoms with Crippen molar-refractivity contribution in [2.75, 3.05) is 19.8 Å². The topological polar surface area (TPSA) is 103 Å². The predicted octanol–water partition coefficient (Wildman–Crippen LogP) is 3.18. The summed E-state index contributed by atoms with van der Waals surface area (Å²) >= 11 is 0. The van der Waals surface area contributed by atoms with Crippen LogP contribution in [0.5, 0.6) is 5.75 Å². The first-order valence-corrected chi connectivity index (χ1v) is 10.4. The molecular formula is C24H26N2O6. The van der Waals surface area contributed by atoms with Gasteiger partial charge < -0.3 is 24.8 Å². The van der Waals surface area contributed by atoms with E-state index in [2.05, 4.69) is 10.6 Å². The van der Waals surface area contributed by atoms with Gasteiger partial charge in [0.15, 0.2) is 0 Å². The molecule has 0 aliphatic carbocycles. The van der Waals surface area contributed by atoms with Crippen molar-refractivity contribution < 1.29 is 28.6 Å². The van der Waals surface area contributed by atoms with Crippen molar-refractivity contribution in [3.63, 3.8) is 0 Å². The first-order chi connectivity index (χ1) is 15.5. The van der Waals surface area contributed by atoms with E-state index in [9.17, 15) is 14.4 Å². The van der Waals surface area contributed by atoms with Crippen LogP contribution in [0, 0.1) is 6.92 Å². The molecule has 2 N–H and O–H groups in total. The van der Waals surface area contributed by atoms with Crippen molar-refractivity contribution in [1.29, 1.82) is 0 Å². The molecule has 2 aromatic rings. The van der Waals surface area contributed by atoms with Crippen molar-refractivity contribution in [3.05, 3.63) is 77.0 Å². The summed E-state index contributed by atoms with van der Waals surface area (Å²) in [6.45, 7) is 3.65. The molecule has 1 aliphatic rings. The molecule has 0 fully saturated rings. The monoisotopic (exact) mass is 438 g/mol. The minimum absolute atomic E-state index is 0.0185. The maximum Gasteiger partial charge on any atom is 0.338 e. The van der Waals surface area contributed by atoms with E-state index in [4.69, 9.17) is 14.2 Å². The van der Waals surface area contributed by atoms with Gasteiger partial charge in [-0.15, -0.1) is 0 Å². The Morgan fingerprint density at radius 1 is 1.00 bits per heavy atom. The van der Waals surface area contributed by atoms with Gasteiger partial charge in [0, 0.05) is 0 Å². The van der Waals surface area contributed by atoms with Gasteiger partial charge in [0.1, 0.15) is 12.4 Å². The Labute approximate surface area is 186 Å². The Hall–Kier alpha value is -3.81. The van der Waals surface area contributed by atoms with Gasteiger partial charge in [-0.05, 0) is 31.0 Å². The van der Waals surface area contributed by atoms with Gasteiger partial charge in [-0.2, -0.15) is 0 Å². The molecule has 0 spiro atoms. The number of rotatable bonds is 9. The SMILES string of the molecule is CCOC(=O)C1=C(COC(=O)CCOc2ccccc2C)NC(=O)NC1c1ccccc1. The minimum atomic E-state index is -0.720. The zero-order chi connectivity index (χ0) is 22.9. The number of urea groups is 1. The van der Waals surface area contributed by atoms with Crippen LogP contribution in [0.15, 0.2) is 65.9 Å². The van der Waals surface area contributed by atoms with E-state index in [1.54, 1.807) is 31.2 Å².